The number of halogens is 3. The van der Waals surface area contributed by atoms with E-state index in [0.29, 0.717) is 11.3 Å². The molecule has 1 heterocycles. The normalized spacial score (nSPS) is 15.2. The Kier molecular flexibility index (Phi) is 9.32. The van der Waals surface area contributed by atoms with Gasteiger partial charge in [-0.1, -0.05) is 36.5 Å². The van der Waals surface area contributed by atoms with Crippen LogP contribution in [0.2, 0.25) is 0 Å². The van der Waals surface area contributed by atoms with Crippen LogP contribution in [-0.4, -0.2) is 36.5 Å². The molecule has 0 unspecified atom stereocenters. The van der Waals surface area contributed by atoms with Crippen LogP contribution in [0.25, 0.3) is 0 Å². The molecule has 0 saturated heterocycles. The number of phenols is 1. The fraction of sp³-hybridized carbons (Fsp3) is 0.222. The molecule has 204 valence electrons. The summed E-state index contributed by atoms with van der Waals surface area (Å²) in [4.78, 5) is 25.5. The van der Waals surface area contributed by atoms with Gasteiger partial charge in [-0.25, -0.2) is 4.79 Å². The number of aromatic hydroxyl groups is 1. The van der Waals surface area contributed by atoms with Gasteiger partial charge in [-0.2, -0.15) is 18.4 Å². The first kappa shape index (κ1) is 29.2. The van der Waals surface area contributed by atoms with Crippen molar-refractivity contribution in [3.63, 3.8) is 0 Å². The van der Waals surface area contributed by atoms with Crippen molar-refractivity contribution in [1.82, 2.24) is 5.32 Å². The van der Waals surface area contributed by atoms with Crippen molar-refractivity contribution in [2.24, 2.45) is 0 Å². The number of alkyl halides is 3. The number of rotatable bonds is 9. The molecule has 0 aliphatic carbocycles. The maximum absolute atomic E-state index is 13.0. The standard InChI is InChI=1S/C27H24F3N3O5S/c1-4-10-38-26(36)23-15(2)32-25(19(13-31)24(23)16-8-9-20(34)21(11-16)37-3)39-14-22(35)33-18-7-5-6-17(12-18)27(28,29)30/h4-9,11-12,24,32,34H,1,10,14H2,2-3H3,(H,33,35)/t24-/m0/s1. The van der Waals surface area contributed by atoms with E-state index in [1.165, 1.54) is 43.5 Å². The molecular weight excluding hydrogens is 535 g/mol. The molecule has 1 aliphatic heterocycles. The molecule has 0 bridgehead atoms. The van der Waals surface area contributed by atoms with Gasteiger partial charge >= 0.3 is 12.1 Å². The summed E-state index contributed by atoms with van der Waals surface area (Å²) in [5.41, 5.74) is 0.105. The number of dihydropyridines is 1. The number of carbonyl (C=O) groups is 2. The number of hydrogen-bond donors (Lipinski definition) is 3. The number of nitriles is 1. The number of hydrogen-bond acceptors (Lipinski definition) is 8. The number of nitrogens with one attached hydrogen (secondary N) is 2. The smallest absolute Gasteiger partial charge is 0.416 e. The zero-order valence-electron chi connectivity index (χ0n) is 20.9. The first-order chi connectivity index (χ1) is 18.5. The van der Waals surface area contributed by atoms with Gasteiger partial charge in [-0.15, -0.1) is 0 Å². The Morgan fingerprint density at radius 2 is 2.03 bits per heavy atom. The Bertz CT molecular complexity index is 1400. The molecule has 8 nitrogen and oxygen atoms in total. The number of allylic oxidation sites excluding steroid dienone is 2. The summed E-state index contributed by atoms with van der Waals surface area (Å²) < 4.78 is 49.4. The first-order valence-electron chi connectivity index (χ1n) is 11.4. The number of benzene rings is 2. The van der Waals surface area contributed by atoms with Crippen molar-refractivity contribution < 1.29 is 37.3 Å². The lowest BCUT2D eigenvalue weighted by Gasteiger charge is -2.29. The largest absolute Gasteiger partial charge is 0.504 e. The molecule has 0 spiro atoms. The maximum atomic E-state index is 13.0. The molecule has 3 N–H and O–H groups in total. The predicted octanol–water partition coefficient (Wildman–Crippen LogP) is 5.22. The zero-order valence-corrected chi connectivity index (χ0v) is 21.7. The van der Waals surface area contributed by atoms with Crippen LogP contribution in [0.5, 0.6) is 11.5 Å². The maximum Gasteiger partial charge on any atom is 0.416 e. The van der Waals surface area contributed by atoms with Gasteiger partial charge in [-0.05, 0) is 42.8 Å². The number of anilines is 1. The van der Waals surface area contributed by atoms with Gasteiger partial charge in [0.2, 0.25) is 5.91 Å². The Morgan fingerprint density at radius 3 is 2.67 bits per heavy atom. The number of nitrogens with zero attached hydrogens (tertiary/aromatic N) is 1. The van der Waals surface area contributed by atoms with E-state index in [4.69, 9.17) is 9.47 Å². The summed E-state index contributed by atoms with van der Waals surface area (Å²) in [5, 5.41) is 25.8. The number of esters is 1. The van der Waals surface area contributed by atoms with Crippen LogP contribution in [0.4, 0.5) is 18.9 Å². The van der Waals surface area contributed by atoms with E-state index >= 15 is 0 Å². The van der Waals surface area contributed by atoms with E-state index in [2.05, 4.69) is 23.3 Å². The number of methoxy groups -OCH3 is 1. The van der Waals surface area contributed by atoms with Gasteiger partial charge in [0, 0.05) is 11.4 Å². The Hall–Kier alpha value is -4.37. The molecule has 2 aromatic rings. The SMILES string of the molecule is C=CCOC(=O)C1=C(C)NC(SCC(=O)Nc2cccc(C(F)(F)F)c2)=C(C#N)[C@@H]1c1ccc(O)c(OC)c1. The van der Waals surface area contributed by atoms with Gasteiger partial charge in [0.05, 0.1) is 46.6 Å². The fourth-order valence-electron chi connectivity index (χ4n) is 3.82. The van der Waals surface area contributed by atoms with Crippen molar-refractivity contribution in [3.8, 4) is 17.6 Å². The Balaban J connectivity index is 1.92. The van der Waals surface area contributed by atoms with Crippen LogP contribution < -0.4 is 15.4 Å². The second-order valence-electron chi connectivity index (χ2n) is 8.19. The topological polar surface area (TPSA) is 121 Å². The highest BCUT2D eigenvalue weighted by molar-refractivity contribution is 8.03. The van der Waals surface area contributed by atoms with E-state index in [1.54, 1.807) is 6.92 Å². The van der Waals surface area contributed by atoms with Crippen LogP contribution in [0.3, 0.4) is 0 Å². The molecule has 1 amide bonds. The van der Waals surface area contributed by atoms with Crippen molar-refractivity contribution in [2.75, 3.05) is 24.8 Å². The van der Waals surface area contributed by atoms with E-state index in [0.717, 1.165) is 23.9 Å². The average molecular weight is 560 g/mol. The van der Waals surface area contributed by atoms with Crippen molar-refractivity contribution in [1.29, 1.82) is 5.26 Å². The molecule has 0 saturated carbocycles. The monoisotopic (exact) mass is 559 g/mol. The third kappa shape index (κ3) is 6.94. The van der Waals surface area contributed by atoms with Crippen LogP contribution in [0, 0.1) is 11.3 Å². The van der Waals surface area contributed by atoms with E-state index in [9.17, 15) is 33.1 Å². The lowest BCUT2D eigenvalue weighted by molar-refractivity contribution is -0.138. The third-order valence-electron chi connectivity index (χ3n) is 5.56. The summed E-state index contributed by atoms with van der Waals surface area (Å²) >= 11 is 0.943. The number of phenolic OH excluding ortho intramolecular Hbond substituents is 1. The number of ether oxygens (including phenoxy) is 2. The van der Waals surface area contributed by atoms with Crippen LogP contribution in [0.15, 0.2) is 77.0 Å². The second-order valence-corrected chi connectivity index (χ2v) is 9.17. The second kappa shape index (κ2) is 12.4. The molecule has 3 rings (SSSR count). The number of thioether (sulfide) groups is 1. The minimum absolute atomic E-state index is 0.0288. The molecular formula is C27H24F3N3O5S. The predicted molar refractivity (Wildman–Crippen MR) is 140 cm³/mol. The molecule has 39 heavy (non-hydrogen) atoms. The average Bonchev–Trinajstić information content (AvgIpc) is 2.90. The summed E-state index contributed by atoms with van der Waals surface area (Å²) in [5.74, 6) is -2.51. The Labute approximate surface area is 226 Å². The van der Waals surface area contributed by atoms with E-state index < -0.39 is 29.5 Å². The fourth-order valence-corrected chi connectivity index (χ4v) is 4.72. The highest BCUT2D eigenvalue weighted by Crippen LogP contribution is 2.43. The highest BCUT2D eigenvalue weighted by atomic mass is 32.2. The molecule has 1 atom stereocenters. The molecule has 0 aromatic heterocycles. The van der Waals surface area contributed by atoms with Gasteiger partial charge in [0.25, 0.3) is 0 Å². The lowest BCUT2D eigenvalue weighted by Crippen LogP contribution is -2.29. The zero-order chi connectivity index (χ0) is 28.7. The Morgan fingerprint density at radius 1 is 1.28 bits per heavy atom. The highest BCUT2D eigenvalue weighted by Gasteiger charge is 2.36. The summed E-state index contributed by atoms with van der Waals surface area (Å²) in [6.07, 6.45) is -3.16. The summed E-state index contributed by atoms with van der Waals surface area (Å²) in [6, 6.07) is 10.7. The van der Waals surface area contributed by atoms with Gasteiger partial charge in [0.1, 0.15) is 6.61 Å². The minimum Gasteiger partial charge on any atom is -0.504 e. The molecule has 2 aromatic carbocycles. The van der Waals surface area contributed by atoms with Crippen LogP contribution >= 0.6 is 11.8 Å². The van der Waals surface area contributed by atoms with Gasteiger partial charge in [-0.3, -0.25) is 4.79 Å². The van der Waals surface area contributed by atoms with Gasteiger partial charge < -0.3 is 25.2 Å². The van der Waals surface area contributed by atoms with Crippen molar-refractivity contribution >= 4 is 29.3 Å². The molecule has 0 fully saturated rings. The van der Waals surface area contributed by atoms with E-state index in [-0.39, 0.29) is 45.7 Å². The lowest BCUT2D eigenvalue weighted by atomic mass is 9.82. The van der Waals surface area contributed by atoms with Crippen molar-refractivity contribution in [2.45, 2.75) is 19.0 Å². The van der Waals surface area contributed by atoms with Crippen LogP contribution in [-0.2, 0) is 20.5 Å². The minimum atomic E-state index is -4.56. The molecule has 1 aliphatic rings. The summed E-state index contributed by atoms with van der Waals surface area (Å²) in [6.45, 7) is 5.06. The number of carbonyl (C=O) groups excluding carboxylic acids is 2. The first-order valence-corrected chi connectivity index (χ1v) is 12.4. The quantitative estimate of drug-likeness (QED) is 0.283. The summed E-state index contributed by atoms with van der Waals surface area (Å²) in [7, 11) is 1.35. The number of amides is 1. The van der Waals surface area contributed by atoms with Crippen molar-refractivity contribution in [3.05, 3.63) is 88.1 Å². The van der Waals surface area contributed by atoms with Gasteiger partial charge in [0.15, 0.2) is 11.5 Å². The van der Waals surface area contributed by atoms with Crippen LogP contribution in [0.1, 0.15) is 24.0 Å². The van der Waals surface area contributed by atoms with E-state index in [1.807, 2.05) is 0 Å². The third-order valence-corrected chi connectivity index (χ3v) is 6.58. The molecule has 12 heteroatoms. The molecule has 0 radical (unpaired) electrons.